The summed E-state index contributed by atoms with van der Waals surface area (Å²) in [6.07, 6.45) is 0.568. The molecule has 1 aromatic carbocycles. The van der Waals surface area contributed by atoms with Crippen molar-refractivity contribution in [3.63, 3.8) is 0 Å². The molecule has 2 heterocycles. The number of rotatable bonds is 3. The number of nitrogens with one attached hydrogen (secondary N) is 1. The third-order valence-electron chi connectivity index (χ3n) is 3.36. The molecule has 0 spiro atoms. The summed E-state index contributed by atoms with van der Waals surface area (Å²) in [5.41, 5.74) is 8.62. The topological polar surface area (TPSA) is 80.5 Å². The van der Waals surface area contributed by atoms with E-state index in [-0.39, 0.29) is 11.7 Å². The van der Waals surface area contributed by atoms with Crippen molar-refractivity contribution in [2.45, 2.75) is 19.3 Å². The zero-order chi connectivity index (χ0) is 14.1. The fourth-order valence-corrected chi connectivity index (χ4v) is 2.36. The van der Waals surface area contributed by atoms with Crippen molar-refractivity contribution in [2.24, 2.45) is 0 Å². The van der Waals surface area contributed by atoms with Gasteiger partial charge in [0.25, 0.3) is 0 Å². The molecule has 1 atom stereocenters. The first-order valence-electron chi connectivity index (χ1n) is 6.35. The molecule has 0 aliphatic heterocycles. The van der Waals surface area contributed by atoms with Gasteiger partial charge >= 0.3 is 0 Å². The van der Waals surface area contributed by atoms with Crippen molar-refractivity contribution < 1.29 is 4.39 Å². The van der Waals surface area contributed by atoms with Gasteiger partial charge in [-0.2, -0.15) is 0 Å². The maximum Gasteiger partial charge on any atom is 0.178 e. The van der Waals surface area contributed by atoms with Crippen LogP contribution in [0.4, 0.5) is 10.2 Å². The number of aromatic nitrogens is 4. The summed E-state index contributed by atoms with van der Waals surface area (Å²) in [6, 6.07) is 8.54. The maximum absolute atomic E-state index is 13.7. The Bertz CT molecular complexity index is 752. The van der Waals surface area contributed by atoms with Crippen molar-refractivity contribution in [3.05, 3.63) is 47.3 Å². The van der Waals surface area contributed by atoms with Gasteiger partial charge in [-0.1, -0.05) is 30.3 Å². The molecular formula is C14H14FN5. The van der Waals surface area contributed by atoms with E-state index in [4.69, 9.17) is 5.73 Å². The first-order chi connectivity index (χ1) is 9.65. The van der Waals surface area contributed by atoms with Crippen LogP contribution < -0.4 is 5.73 Å². The van der Waals surface area contributed by atoms with Gasteiger partial charge in [0.2, 0.25) is 0 Å². The summed E-state index contributed by atoms with van der Waals surface area (Å²) in [6.45, 7) is 2.01. The Morgan fingerprint density at radius 2 is 2.15 bits per heavy atom. The standard InChI is InChI=1S/C14H14FN5/c1-8(6-9-4-2-3-5-11(9)15)10-7-12(16)17-14-13(10)18-20-19-14/h2-5,7-8H,6H2,1H3,(H3,16,17,18,19,20). The van der Waals surface area contributed by atoms with Crippen LogP contribution in [0.1, 0.15) is 24.0 Å². The Balaban J connectivity index is 1.98. The average molecular weight is 271 g/mol. The number of fused-ring (bicyclic) bond motifs is 1. The Morgan fingerprint density at radius 3 is 2.95 bits per heavy atom. The zero-order valence-electron chi connectivity index (χ0n) is 11.0. The largest absolute Gasteiger partial charge is 0.384 e. The van der Waals surface area contributed by atoms with Crippen molar-refractivity contribution in [2.75, 3.05) is 5.73 Å². The minimum absolute atomic E-state index is 0.0600. The van der Waals surface area contributed by atoms with Crippen LogP contribution in [0.15, 0.2) is 30.3 Å². The predicted octanol–water partition coefficient (Wildman–Crippen LogP) is 2.42. The second-order valence-electron chi connectivity index (χ2n) is 4.84. The Hall–Kier alpha value is -2.50. The van der Waals surface area contributed by atoms with Crippen LogP contribution in [0.25, 0.3) is 11.2 Å². The minimum Gasteiger partial charge on any atom is -0.384 e. The third kappa shape index (κ3) is 2.20. The average Bonchev–Trinajstić information content (AvgIpc) is 2.88. The molecule has 0 bridgehead atoms. The molecule has 0 fully saturated rings. The Morgan fingerprint density at radius 1 is 1.35 bits per heavy atom. The molecular weight excluding hydrogens is 257 g/mol. The molecule has 3 N–H and O–H groups in total. The van der Waals surface area contributed by atoms with Crippen LogP contribution >= 0.6 is 0 Å². The van der Waals surface area contributed by atoms with Gasteiger partial charge in [0.05, 0.1) is 0 Å². The highest BCUT2D eigenvalue weighted by molar-refractivity contribution is 5.76. The van der Waals surface area contributed by atoms with E-state index in [1.807, 2.05) is 13.0 Å². The number of nitrogens with zero attached hydrogens (tertiary/aromatic N) is 3. The van der Waals surface area contributed by atoms with E-state index < -0.39 is 0 Å². The SMILES string of the molecule is CC(Cc1ccccc1F)c1cc(N)nc2[nH]nnc12. The second-order valence-corrected chi connectivity index (χ2v) is 4.84. The number of hydrogen-bond acceptors (Lipinski definition) is 4. The maximum atomic E-state index is 13.7. The lowest BCUT2D eigenvalue weighted by Gasteiger charge is -2.13. The number of pyridine rings is 1. The van der Waals surface area contributed by atoms with Crippen LogP contribution in [-0.2, 0) is 6.42 Å². The van der Waals surface area contributed by atoms with Crippen LogP contribution in [0.5, 0.6) is 0 Å². The molecule has 0 radical (unpaired) electrons. The highest BCUT2D eigenvalue weighted by atomic mass is 19.1. The van der Waals surface area contributed by atoms with Crippen LogP contribution in [0.3, 0.4) is 0 Å². The summed E-state index contributed by atoms with van der Waals surface area (Å²) >= 11 is 0. The second kappa shape index (κ2) is 4.88. The van der Waals surface area contributed by atoms with Gasteiger partial charge in [-0.3, -0.25) is 0 Å². The predicted molar refractivity (Wildman–Crippen MR) is 74.6 cm³/mol. The number of aromatic amines is 1. The van der Waals surface area contributed by atoms with E-state index in [9.17, 15) is 4.39 Å². The zero-order valence-corrected chi connectivity index (χ0v) is 11.0. The van der Waals surface area contributed by atoms with Crippen LogP contribution in [-0.4, -0.2) is 20.4 Å². The summed E-state index contributed by atoms with van der Waals surface area (Å²) in [5, 5.41) is 10.5. The van der Waals surface area contributed by atoms with Gasteiger partial charge in [-0.15, -0.1) is 5.10 Å². The van der Waals surface area contributed by atoms with Gasteiger partial charge in [-0.25, -0.2) is 14.5 Å². The number of nitrogen functional groups attached to an aromatic ring is 1. The van der Waals surface area contributed by atoms with E-state index in [0.29, 0.717) is 29.0 Å². The van der Waals surface area contributed by atoms with E-state index >= 15 is 0 Å². The van der Waals surface area contributed by atoms with Crippen molar-refractivity contribution in [3.8, 4) is 0 Å². The van der Waals surface area contributed by atoms with Gasteiger partial charge in [-0.05, 0) is 35.6 Å². The summed E-state index contributed by atoms with van der Waals surface area (Å²) in [7, 11) is 0. The smallest absolute Gasteiger partial charge is 0.178 e. The normalized spacial score (nSPS) is 12.7. The third-order valence-corrected chi connectivity index (χ3v) is 3.36. The quantitative estimate of drug-likeness (QED) is 0.766. The molecule has 5 nitrogen and oxygen atoms in total. The molecule has 6 heteroatoms. The van der Waals surface area contributed by atoms with Crippen molar-refractivity contribution in [1.82, 2.24) is 20.4 Å². The van der Waals surface area contributed by atoms with E-state index in [0.717, 1.165) is 5.56 Å². The first-order valence-corrected chi connectivity index (χ1v) is 6.35. The van der Waals surface area contributed by atoms with Crippen molar-refractivity contribution in [1.29, 1.82) is 0 Å². The summed E-state index contributed by atoms with van der Waals surface area (Å²) < 4.78 is 13.7. The molecule has 2 aromatic heterocycles. The van der Waals surface area contributed by atoms with Crippen LogP contribution in [0, 0.1) is 5.82 Å². The first kappa shape index (κ1) is 12.5. The molecule has 0 aliphatic rings. The number of anilines is 1. The van der Waals surface area contributed by atoms with E-state index in [1.165, 1.54) is 6.07 Å². The Kier molecular flexibility index (Phi) is 3.06. The molecule has 3 rings (SSSR count). The molecule has 0 aliphatic carbocycles. The summed E-state index contributed by atoms with van der Waals surface area (Å²) in [5.74, 6) is 0.265. The van der Waals surface area contributed by atoms with E-state index in [1.54, 1.807) is 18.2 Å². The number of benzene rings is 1. The number of hydrogen-bond donors (Lipinski definition) is 2. The number of halogens is 1. The molecule has 0 saturated heterocycles. The summed E-state index contributed by atoms with van der Waals surface area (Å²) in [4.78, 5) is 4.13. The van der Waals surface area contributed by atoms with Gasteiger partial charge in [0, 0.05) is 0 Å². The molecule has 102 valence electrons. The molecule has 0 saturated carbocycles. The van der Waals surface area contributed by atoms with Crippen molar-refractivity contribution >= 4 is 17.0 Å². The van der Waals surface area contributed by atoms with Gasteiger partial charge in [0.15, 0.2) is 5.65 Å². The van der Waals surface area contributed by atoms with E-state index in [2.05, 4.69) is 20.4 Å². The fourth-order valence-electron chi connectivity index (χ4n) is 2.36. The fraction of sp³-hybridized carbons (Fsp3) is 0.214. The van der Waals surface area contributed by atoms with Crippen LogP contribution in [0.2, 0.25) is 0 Å². The van der Waals surface area contributed by atoms with Gasteiger partial charge < -0.3 is 5.73 Å². The lowest BCUT2D eigenvalue weighted by molar-refractivity contribution is 0.598. The Labute approximate surface area is 115 Å². The number of nitrogens with two attached hydrogens (primary N) is 1. The lowest BCUT2D eigenvalue weighted by Crippen LogP contribution is -2.03. The minimum atomic E-state index is -0.197. The van der Waals surface area contributed by atoms with Gasteiger partial charge in [0.1, 0.15) is 17.2 Å². The molecule has 20 heavy (non-hydrogen) atoms. The molecule has 1 unspecified atom stereocenters. The number of H-pyrrole nitrogens is 1. The lowest BCUT2D eigenvalue weighted by atomic mass is 9.93. The molecule has 3 aromatic rings. The molecule has 0 amide bonds. The monoisotopic (exact) mass is 271 g/mol. The highest BCUT2D eigenvalue weighted by Gasteiger charge is 2.16. The highest BCUT2D eigenvalue weighted by Crippen LogP contribution is 2.27.